The fourth-order valence-electron chi connectivity index (χ4n) is 2.06. The molecule has 0 saturated carbocycles. The predicted octanol–water partition coefficient (Wildman–Crippen LogP) is 2.08. The highest BCUT2D eigenvalue weighted by atomic mass is 16.4. The Labute approximate surface area is 114 Å². The second kappa shape index (κ2) is 6.05. The SMILES string of the molecule is CC(C)c1ccc(Cc2ccc(B(O)O)cc2)cc1. The molecule has 0 spiro atoms. The summed E-state index contributed by atoms with van der Waals surface area (Å²) in [5.41, 5.74) is 4.31. The Morgan fingerprint density at radius 1 is 0.842 bits per heavy atom. The van der Waals surface area contributed by atoms with Gasteiger partial charge in [-0.2, -0.15) is 0 Å². The van der Waals surface area contributed by atoms with E-state index >= 15 is 0 Å². The summed E-state index contributed by atoms with van der Waals surface area (Å²) >= 11 is 0. The van der Waals surface area contributed by atoms with Gasteiger partial charge >= 0.3 is 7.12 Å². The van der Waals surface area contributed by atoms with E-state index in [1.54, 1.807) is 12.1 Å². The molecule has 2 rings (SSSR count). The quantitative estimate of drug-likeness (QED) is 0.820. The first-order valence-corrected chi connectivity index (χ1v) is 6.60. The topological polar surface area (TPSA) is 40.5 Å². The summed E-state index contributed by atoms with van der Waals surface area (Å²) < 4.78 is 0. The lowest BCUT2D eigenvalue weighted by molar-refractivity contribution is 0.426. The molecule has 2 nitrogen and oxygen atoms in total. The minimum Gasteiger partial charge on any atom is -0.423 e. The first kappa shape index (κ1) is 13.8. The molecule has 2 aromatic rings. The number of benzene rings is 2. The molecule has 0 amide bonds. The Morgan fingerprint density at radius 2 is 1.32 bits per heavy atom. The molecule has 0 heterocycles. The van der Waals surface area contributed by atoms with E-state index in [0.717, 1.165) is 6.42 Å². The van der Waals surface area contributed by atoms with Crippen LogP contribution in [0.25, 0.3) is 0 Å². The molecule has 0 radical (unpaired) electrons. The smallest absolute Gasteiger partial charge is 0.423 e. The lowest BCUT2D eigenvalue weighted by atomic mass is 9.80. The van der Waals surface area contributed by atoms with E-state index in [0.29, 0.717) is 11.4 Å². The van der Waals surface area contributed by atoms with Crippen LogP contribution in [0.1, 0.15) is 36.5 Å². The Hall–Kier alpha value is -1.58. The third-order valence-electron chi connectivity index (χ3n) is 3.33. The predicted molar refractivity (Wildman–Crippen MR) is 79.6 cm³/mol. The lowest BCUT2D eigenvalue weighted by Crippen LogP contribution is -2.29. The molecule has 2 N–H and O–H groups in total. The number of rotatable bonds is 4. The average Bonchev–Trinajstić information content (AvgIpc) is 2.40. The average molecular weight is 254 g/mol. The van der Waals surface area contributed by atoms with E-state index in [-0.39, 0.29) is 0 Å². The largest absolute Gasteiger partial charge is 0.488 e. The Kier molecular flexibility index (Phi) is 4.41. The molecule has 0 atom stereocenters. The van der Waals surface area contributed by atoms with Gasteiger partial charge in [-0.25, -0.2) is 0 Å². The molecule has 0 aliphatic carbocycles. The summed E-state index contributed by atoms with van der Waals surface area (Å²) in [6.45, 7) is 4.38. The van der Waals surface area contributed by atoms with Crippen LogP contribution >= 0.6 is 0 Å². The minimum atomic E-state index is -1.39. The molecule has 0 saturated heterocycles. The third kappa shape index (κ3) is 3.69. The molecule has 3 heteroatoms. The zero-order valence-electron chi connectivity index (χ0n) is 11.4. The Morgan fingerprint density at radius 3 is 1.74 bits per heavy atom. The van der Waals surface area contributed by atoms with Gasteiger partial charge in [-0.3, -0.25) is 0 Å². The van der Waals surface area contributed by atoms with Crippen LogP contribution in [0.4, 0.5) is 0 Å². The van der Waals surface area contributed by atoms with Crippen molar-refractivity contribution in [2.45, 2.75) is 26.2 Å². The van der Waals surface area contributed by atoms with Crippen LogP contribution in [-0.2, 0) is 6.42 Å². The van der Waals surface area contributed by atoms with Crippen LogP contribution < -0.4 is 5.46 Å². The Balaban J connectivity index is 2.08. The first-order chi connectivity index (χ1) is 9.06. The number of hydrogen-bond acceptors (Lipinski definition) is 2. The van der Waals surface area contributed by atoms with Crippen LogP contribution in [0, 0.1) is 0 Å². The molecular formula is C16H19BO2. The van der Waals surface area contributed by atoms with Crippen molar-refractivity contribution in [3.05, 3.63) is 65.2 Å². The monoisotopic (exact) mass is 254 g/mol. The van der Waals surface area contributed by atoms with Gasteiger partial charge in [0.2, 0.25) is 0 Å². The fourth-order valence-corrected chi connectivity index (χ4v) is 2.06. The lowest BCUT2D eigenvalue weighted by Gasteiger charge is -2.07. The van der Waals surface area contributed by atoms with Gasteiger partial charge in [0, 0.05) is 0 Å². The first-order valence-electron chi connectivity index (χ1n) is 6.60. The summed E-state index contributed by atoms with van der Waals surface area (Å²) in [6.07, 6.45) is 0.861. The molecule has 0 fully saturated rings. The van der Waals surface area contributed by atoms with Crippen molar-refractivity contribution < 1.29 is 10.0 Å². The molecule has 0 aliphatic rings. The molecular weight excluding hydrogens is 235 g/mol. The van der Waals surface area contributed by atoms with Gasteiger partial charge in [-0.15, -0.1) is 0 Å². The van der Waals surface area contributed by atoms with E-state index < -0.39 is 7.12 Å². The maximum atomic E-state index is 9.04. The van der Waals surface area contributed by atoms with Crippen molar-refractivity contribution in [3.8, 4) is 0 Å². The molecule has 19 heavy (non-hydrogen) atoms. The summed E-state index contributed by atoms with van der Waals surface area (Å²) in [6, 6.07) is 16.0. The molecule has 0 aromatic heterocycles. The Bertz CT molecular complexity index is 466. The van der Waals surface area contributed by atoms with E-state index in [9.17, 15) is 0 Å². The molecule has 0 bridgehead atoms. The van der Waals surface area contributed by atoms with Crippen molar-refractivity contribution in [3.63, 3.8) is 0 Å². The van der Waals surface area contributed by atoms with Crippen LogP contribution in [0.5, 0.6) is 0 Å². The summed E-state index contributed by atoms with van der Waals surface area (Å²) in [7, 11) is -1.39. The molecule has 0 unspecified atom stereocenters. The van der Waals surface area contributed by atoms with Gasteiger partial charge in [0.25, 0.3) is 0 Å². The van der Waals surface area contributed by atoms with Gasteiger partial charge in [-0.1, -0.05) is 62.4 Å². The van der Waals surface area contributed by atoms with Crippen LogP contribution in [0.3, 0.4) is 0 Å². The minimum absolute atomic E-state index is 0.527. The van der Waals surface area contributed by atoms with Crippen molar-refractivity contribution in [1.82, 2.24) is 0 Å². The molecule has 98 valence electrons. The van der Waals surface area contributed by atoms with Gasteiger partial charge in [0.15, 0.2) is 0 Å². The summed E-state index contributed by atoms with van der Waals surface area (Å²) in [5.74, 6) is 0.555. The maximum Gasteiger partial charge on any atom is 0.488 e. The highest BCUT2D eigenvalue weighted by Crippen LogP contribution is 2.16. The van der Waals surface area contributed by atoms with E-state index in [1.807, 2.05) is 12.1 Å². The van der Waals surface area contributed by atoms with Gasteiger partial charge < -0.3 is 10.0 Å². The fraction of sp³-hybridized carbons (Fsp3) is 0.250. The van der Waals surface area contributed by atoms with Crippen molar-refractivity contribution in [1.29, 1.82) is 0 Å². The molecule has 0 aliphatic heterocycles. The van der Waals surface area contributed by atoms with Crippen LogP contribution in [-0.4, -0.2) is 17.2 Å². The molecule has 2 aromatic carbocycles. The summed E-state index contributed by atoms with van der Waals surface area (Å²) in [4.78, 5) is 0. The second-order valence-electron chi connectivity index (χ2n) is 5.19. The van der Waals surface area contributed by atoms with Crippen LogP contribution in [0.15, 0.2) is 48.5 Å². The van der Waals surface area contributed by atoms with Crippen molar-refractivity contribution in [2.24, 2.45) is 0 Å². The zero-order chi connectivity index (χ0) is 13.8. The van der Waals surface area contributed by atoms with Crippen molar-refractivity contribution >= 4 is 12.6 Å². The standard InChI is InChI=1S/C16H19BO2/c1-12(2)15-7-3-13(4-8-15)11-14-5-9-16(10-6-14)17(18)19/h3-10,12,18-19H,11H2,1-2H3. The van der Waals surface area contributed by atoms with Crippen molar-refractivity contribution in [2.75, 3.05) is 0 Å². The third-order valence-corrected chi connectivity index (χ3v) is 3.33. The van der Waals surface area contributed by atoms with Gasteiger partial charge in [-0.05, 0) is 34.5 Å². The van der Waals surface area contributed by atoms with Crippen LogP contribution in [0.2, 0.25) is 0 Å². The van der Waals surface area contributed by atoms with E-state index in [2.05, 4.69) is 38.1 Å². The number of hydrogen-bond donors (Lipinski definition) is 2. The summed E-state index contributed by atoms with van der Waals surface area (Å²) in [5, 5.41) is 18.1. The highest BCUT2D eigenvalue weighted by molar-refractivity contribution is 6.58. The van der Waals surface area contributed by atoms with Gasteiger partial charge in [0.05, 0.1) is 0 Å². The van der Waals surface area contributed by atoms with E-state index in [1.165, 1.54) is 16.7 Å². The maximum absolute atomic E-state index is 9.04. The normalized spacial score (nSPS) is 10.8. The highest BCUT2D eigenvalue weighted by Gasteiger charge is 2.09. The second-order valence-corrected chi connectivity index (χ2v) is 5.19. The van der Waals surface area contributed by atoms with E-state index in [4.69, 9.17) is 10.0 Å². The van der Waals surface area contributed by atoms with Gasteiger partial charge in [0.1, 0.15) is 0 Å². The zero-order valence-corrected chi connectivity index (χ0v) is 11.4.